The van der Waals surface area contributed by atoms with Crippen LogP contribution in [0.4, 0.5) is 0 Å². The first kappa shape index (κ1) is 52.8. The second-order valence-electron chi connectivity index (χ2n) is 15.5. The molecule has 0 aliphatic heterocycles. The second-order valence-corrected chi connectivity index (χ2v) is 15.5. The maximum atomic E-state index is 12.7. The number of carbonyl (C=O) groups excluding carboxylic acids is 2. The van der Waals surface area contributed by atoms with Crippen LogP contribution in [0.15, 0.2) is 72.9 Å². The summed E-state index contributed by atoms with van der Waals surface area (Å²) in [5, 5.41) is 9.61. The summed E-state index contributed by atoms with van der Waals surface area (Å²) < 4.78 is 17.2. The lowest BCUT2D eigenvalue weighted by atomic mass is 10.1. The highest BCUT2D eigenvalue weighted by Crippen LogP contribution is 2.13. The molecule has 0 amide bonds. The lowest BCUT2D eigenvalue weighted by Gasteiger charge is -2.31. The molecule has 2 unspecified atom stereocenters. The number of nitrogens with zero attached hydrogens (tertiary/aromatic N) is 1. The molecule has 0 aromatic rings. The highest BCUT2D eigenvalue weighted by Gasteiger charge is 2.31. The fourth-order valence-corrected chi connectivity index (χ4v) is 6.00. The number of unbranched alkanes of at least 4 members (excludes halogenated alkanes) is 12. The molecule has 0 aliphatic carbocycles. The number of quaternary nitrogens is 1. The highest BCUT2D eigenvalue weighted by molar-refractivity contribution is 5.72. The quantitative estimate of drug-likeness (QED) is 0.0288. The Morgan fingerprint density at radius 2 is 0.946 bits per heavy atom. The Balaban J connectivity index is 4.36. The zero-order chi connectivity index (χ0) is 41.4. The predicted octanol–water partition coefficient (Wildman–Crippen LogP) is 12.0. The Morgan fingerprint density at radius 3 is 1.39 bits per heavy atom. The molecule has 0 spiro atoms. The highest BCUT2D eigenvalue weighted by atomic mass is 16.6. The molecule has 8 heteroatoms. The molecule has 0 aliphatic rings. The number of rotatable bonds is 38. The molecular formula is C48H82NO7+. The Bertz CT molecular complexity index is 1140. The summed E-state index contributed by atoms with van der Waals surface area (Å²) in [6.45, 7) is 4.47. The maximum Gasteiger partial charge on any atom is 0.362 e. The van der Waals surface area contributed by atoms with Crippen LogP contribution in [0.5, 0.6) is 0 Å². The molecule has 0 rings (SSSR count). The van der Waals surface area contributed by atoms with Crippen molar-refractivity contribution >= 4 is 17.9 Å². The fourth-order valence-electron chi connectivity index (χ4n) is 6.00. The minimum absolute atomic E-state index is 0.0484. The zero-order valence-electron chi connectivity index (χ0n) is 36.3. The molecule has 0 aromatic carbocycles. The Morgan fingerprint density at radius 1 is 0.536 bits per heavy atom. The van der Waals surface area contributed by atoms with Gasteiger partial charge in [-0.25, -0.2) is 4.79 Å². The van der Waals surface area contributed by atoms with Gasteiger partial charge < -0.3 is 23.8 Å². The number of carboxylic acids is 1. The molecule has 0 aromatic heterocycles. The average Bonchev–Trinajstić information content (AvgIpc) is 3.15. The number of likely N-dealkylation sites (N-methyl/N-ethyl adjacent to an activating group) is 1. The first-order valence-electron chi connectivity index (χ1n) is 22.0. The van der Waals surface area contributed by atoms with E-state index in [1.165, 1.54) is 19.3 Å². The van der Waals surface area contributed by atoms with Crippen LogP contribution in [-0.2, 0) is 28.6 Å². The van der Waals surface area contributed by atoms with Crippen LogP contribution in [-0.4, -0.2) is 80.6 Å². The van der Waals surface area contributed by atoms with Gasteiger partial charge in [0.25, 0.3) is 0 Å². The standard InChI is InChI=1S/C48H81NO7/c1-6-8-10-12-14-16-18-20-21-22-23-24-25-26-27-29-31-33-35-37-39-47(51)56-44(42-54-41-40-45(48(52)53)49(3,4)5)43-55-46(50)38-36-34-32-30-28-19-17-15-13-11-9-7-2/h8-11,14-17,20-21,23-24,44-45H,6-7,12-13,18-19,22,25-43H2,1-5H3/p+1/b10-8+,11-9+,16-14+,17-15+,21-20+,24-23+. The molecule has 0 fully saturated rings. The van der Waals surface area contributed by atoms with Crippen molar-refractivity contribution in [3.05, 3.63) is 72.9 Å². The molecule has 0 saturated heterocycles. The molecule has 320 valence electrons. The van der Waals surface area contributed by atoms with Crippen LogP contribution in [0, 0.1) is 0 Å². The Kier molecular flexibility index (Phi) is 36.4. The minimum atomic E-state index is -0.882. The van der Waals surface area contributed by atoms with Gasteiger partial charge in [0.1, 0.15) is 6.61 Å². The molecule has 0 heterocycles. The summed E-state index contributed by atoms with van der Waals surface area (Å²) in [5.74, 6) is -1.51. The number of carbonyl (C=O) groups is 3. The average molecular weight is 785 g/mol. The largest absolute Gasteiger partial charge is 0.477 e. The van der Waals surface area contributed by atoms with Crippen LogP contribution in [0.1, 0.15) is 162 Å². The number of hydrogen-bond acceptors (Lipinski definition) is 6. The van der Waals surface area contributed by atoms with Gasteiger partial charge in [-0.3, -0.25) is 9.59 Å². The van der Waals surface area contributed by atoms with E-state index in [0.29, 0.717) is 19.3 Å². The van der Waals surface area contributed by atoms with Gasteiger partial charge >= 0.3 is 17.9 Å². The third-order valence-electron chi connectivity index (χ3n) is 9.35. The van der Waals surface area contributed by atoms with Crippen molar-refractivity contribution in [3.63, 3.8) is 0 Å². The Hall–Kier alpha value is -3.23. The van der Waals surface area contributed by atoms with Crippen molar-refractivity contribution in [1.29, 1.82) is 0 Å². The molecule has 0 bridgehead atoms. The lowest BCUT2D eigenvalue weighted by Crippen LogP contribution is -2.50. The van der Waals surface area contributed by atoms with Crippen LogP contribution in [0.3, 0.4) is 0 Å². The lowest BCUT2D eigenvalue weighted by molar-refractivity contribution is -0.887. The normalized spacial score (nSPS) is 13.7. The molecule has 2 atom stereocenters. The molecule has 1 N–H and O–H groups in total. The van der Waals surface area contributed by atoms with Crippen LogP contribution < -0.4 is 0 Å². The number of esters is 2. The fraction of sp³-hybridized carbons (Fsp3) is 0.688. The summed E-state index contributed by atoms with van der Waals surface area (Å²) in [5.41, 5.74) is 0. The molecule has 0 saturated carbocycles. The third kappa shape index (κ3) is 36.4. The van der Waals surface area contributed by atoms with Crippen molar-refractivity contribution in [2.24, 2.45) is 0 Å². The topological polar surface area (TPSA) is 99.1 Å². The van der Waals surface area contributed by atoms with Crippen molar-refractivity contribution in [3.8, 4) is 0 Å². The van der Waals surface area contributed by atoms with Gasteiger partial charge in [-0.15, -0.1) is 0 Å². The van der Waals surface area contributed by atoms with Gasteiger partial charge in [-0.2, -0.15) is 0 Å². The molecular weight excluding hydrogens is 703 g/mol. The molecule has 56 heavy (non-hydrogen) atoms. The van der Waals surface area contributed by atoms with E-state index < -0.39 is 18.1 Å². The Labute approximate surface area is 342 Å². The van der Waals surface area contributed by atoms with E-state index in [4.69, 9.17) is 14.2 Å². The van der Waals surface area contributed by atoms with E-state index in [1.54, 1.807) is 0 Å². The van der Waals surface area contributed by atoms with Gasteiger partial charge in [0.05, 0.1) is 34.4 Å². The van der Waals surface area contributed by atoms with Gasteiger partial charge in [0.2, 0.25) is 0 Å². The van der Waals surface area contributed by atoms with Crippen LogP contribution >= 0.6 is 0 Å². The van der Waals surface area contributed by atoms with E-state index in [1.807, 2.05) is 21.1 Å². The van der Waals surface area contributed by atoms with Gasteiger partial charge in [-0.1, -0.05) is 138 Å². The first-order chi connectivity index (χ1) is 27.1. The minimum Gasteiger partial charge on any atom is -0.477 e. The number of aliphatic carboxylic acids is 1. The summed E-state index contributed by atoms with van der Waals surface area (Å²) in [6.07, 6.45) is 48.0. The summed E-state index contributed by atoms with van der Waals surface area (Å²) in [6, 6.07) is -0.622. The number of hydrogen-bond donors (Lipinski definition) is 1. The number of allylic oxidation sites excluding steroid dienone is 12. The molecule has 0 radical (unpaired) electrons. The van der Waals surface area contributed by atoms with Crippen molar-refractivity contribution in [1.82, 2.24) is 0 Å². The van der Waals surface area contributed by atoms with Crippen LogP contribution in [0.25, 0.3) is 0 Å². The first-order valence-corrected chi connectivity index (χ1v) is 22.0. The van der Waals surface area contributed by atoms with Crippen LogP contribution in [0.2, 0.25) is 0 Å². The number of carboxylic acid groups (broad SMARTS) is 1. The zero-order valence-corrected chi connectivity index (χ0v) is 36.3. The summed E-state index contributed by atoms with van der Waals surface area (Å²) in [4.78, 5) is 36.9. The summed E-state index contributed by atoms with van der Waals surface area (Å²) in [7, 11) is 5.51. The summed E-state index contributed by atoms with van der Waals surface area (Å²) >= 11 is 0. The van der Waals surface area contributed by atoms with Gasteiger partial charge in [-0.05, 0) is 77.0 Å². The van der Waals surface area contributed by atoms with Crippen molar-refractivity contribution in [2.75, 3.05) is 41.0 Å². The van der Waals surface area contributed by atoms with E-state index in [0.717, 1.165) is 109 Å². The van der Waals surface area contributed by atoms with Crippen molar-refractivity contribution in [2.45, 2.75) is 174 Å². The van der Waals surface area contributed by atoms with Crippen molar-refractivity contribution < 1.29 is 38.2 Å². The maximum absolute atomic E-state index is 12.7. The van der Waals surface area contributed by atoms with Gasteiger partial charge in [0, 0.05) is 19.3 Å². The van der Waals surface area contributed by atoms with E-state index in [9.17, 15) is 19.5 Å². The van der Waals surface area contributed by atoms with Gasteiger partial charge in [0.15, 0.2) is 12.1 Å². The second kappa shape index (κ2) is 38.6. The smallest absolute Gasteiger partial charge is 0.362 e. The number of ether oxygens (including phenoxy) is 3. The molecule has 8 nitrogen and oxygen atoms in total. The predicted molar refractivity (Wildman–Crippen MR) is 233 cm³/mol. The van der Waals surface area contributed by atoms with E-state index in [-0.39, 0.29) is 36.2 Å². The third-order valence-corrected chi connectivity index (χ3v) is 9.35. The monoisotopic (exact) mass is 785 g/mol. The SMILES string of the molecule is CC/C=C/C/C=C/C/C=C/C/C=C/CCCCCCCCCC(=O)OC(COCCC(C(=O)O)[N+](C)(C)C)COC(=O)CCCCCCC/C=C/C/C=C/CC. The van der Waals surface area contributed by atoms with E-state index >= 15 is 0 Å². The van der Waals surface area contributed by atoms with E-state index in [2.05, 4.69) is 86.8 Å².